The van der Waals surface area contributed by atoms with Gasteiger partial charge in [0.05, 0.1) is 26.1 Å². The number of methoxy groups -OCH3 is 1. The van der Waals surface area contributed by atoms with Gasteiger partial charge >= 0.3 is 6.18 Å². The topological polar surface area (TPSA) is 34.1 Å². The van der Waals surface area contributed by atoms with Crippen LogP contribution in [0.1, 0.15) is 11.1 Å². The first kappa shape index (κ1) is 22.8. The van der Waals surface area contributed by atoms with Gasteiger partial charge in [-0.05, 0) is 48.9 Å². The second-order valence-electron chi connectivity index (χ2n) is 6.74. The van der Waals surface area contributed by atoms with Gasteiger partial charge in [-0.15, -0.1) is 11.8 Å². The van der Waals surface area contributed by atoms with Crippen molar-refractivity contribution in [2.75, 3.05) is 39.2 Å². The van der Waals surface area contributed by atoms with Gasteiger partial charge in [-0.2, -0.15) is 13.2 Å². The number of hydrogen-bond acceptors (Lipinski definition) is 4. The summed E-state index contributed by atoms with van der Waals surface area (Å²) in [6, 6.07) is 10.7. The van der Waals surface area contributed by atoms with Crippen LogP contribution in [0.15, 0.2) is 46.3 Å². The van der Waals surface area contributed by atoms with Crippen molar-refractivity contribution in [3.63, 3.8) is 0 Å². The van der Waals surface area contributed by atoms with E-state index in [4.69, 9.17) is 26.1 Å². The van der Waals surface area contributed by atoms with Gasteiger partial charge in [-0.1, -0.05) is 11.6 Å². The van der Waals surface area contributed by atoms with Crippen molar-refractivity contribution in [2.45, 2.75) is 18.0 Å². The van der Waals surface area contributed by atoms with Crippen LogP contribution in [0, 0.1) is 6.92 Å². The molecule has 0 atom stereocenters. The van der Waals surface area contributed by atoms with Crippen LogP contribution < -0.4 is 4.74 Å². The molecule has 0 aromatic heterocycles. The molecule has 0 N–H and O–H groups in total. The Balaban J connectivity index is 2.04. The normalized spacial score (nSPS) is 15.4. The minimum Gasteiger partial charge on any atom is -0.494 e. The Morgan fingerprint density at radius 1 is 1.20 bits per heavy atom. The first-order chi connectivity index (χ1) is 14.3. The summed E-state index contributed by atoms with van der Waals surface area (Å²) >= 11 is 6.78. The summed E-state index contributed by atoms with van der Waals surface area (Å²) in [6.45, 7) is 4.22. The molecule has 1 saturated heterocycles. The Hall–Kier alpha value is -1.90. The van der Waals surface area contributed by atoms with E-state index in [0.717, 1.165) is 17.3 Å². The zero-order valence-corrected chi connectivity index (χ0v) is 18.2. The summed E-state index contributed by atoms with van der Waals surface area (Å²) in [5.41, 5.74) is 2.04. The van der Waals surface area contributed by atoms with Gasteiger partial charge in [0.15, 0.2) is 0 Å². The number of halogens is 4. The minimum atomic E-state index is -4.25. The van der Waals surface area contributed by atoms with Crippen LogP contribution in [0.5, 0.6) is 5.75 Å². The summed E-state index contributed by atoms with van der Waals surface area (Å²) in [5, 5.41) is 0.610. The quantitative estimate of drug-likeness (QED) is 0.326. The molecule has 162 valence electrons. The van der Waals surface area contributed by atoms with Crippen molar-refractivity contribution in [3.05, 3.63) is 52.5 Å². The van der Waals surface area contributed by atoms with E-state index in [1.54, 1.807) is 31.2 Å². The molecule has 0 bridgehead atoms. The van der Waals surface area contributed by atoms with Gasteiger partial charge in [0, 0.05) is 28.6 Å². The largest absolute Gasteiger partial charge is 0.494 e. The number of amidine groups is 1. The third-order valence-corrected chi connectivity index (χ3v) is 5.98. The molecule has 0 radical (unpaired) electrons. The van der Waals surface area contributed by atoms with Crippen molar-refractivity contribution >= 4 is 34.9 Å². The molecule has 0 saturated carbocycles. The number of aryl methyl sites for hydroxylation is 1. The molecule has 9 heteroatoms. The maximum atomic E-state index is 12.7. The molecule has 1 fully saturated rings. The Morgan fingerprint density at radius 3 is 2.47 bits per heavy atom. The second-order valence-corrected chi connectivity index (χ2v) is 8.19. The van der Waals surface area contributed by atoms with Crippen LogP contribution in [-0.4, -0.2) is 56.1 Å². The average Bonchev–Trinajstić information content (AvgIpc) is 2.72. The molecular weight excluding hydrogens is 437 g/mol. The Kier molecular flexibility index (Phi) is 7.55. The number of benzene rings is 2. The third kappa shape index (κ3) is 6.06. The number of morpholine rings is 1. The highest BCUT2D eigenvalue weighted by molar-refractivity contribution is 7.99. The fraction of sp³-hybridized carbons (Fsp3) is 0.381. The van der Waals surface area contributed by atoms with Crippen molar-refractivity contribution in [2.24, 2.45) is 4.99 Å². The molecule has 4 nitrogen and oxygen atoms in total. The number of alkyl halides is 3. The SMILES string of the molecule is COc1cc(C)c(SCC(F)(F)F)cc1/N=C(/c1ccc(Cl)cc1)N1CCOCC1. The fourth-order valence-electron chi connectivity index (χ4n) is 3.02. The highest BCUT2D eigenvalue weighted by Crippen LogP contribution is 2.38. The van der Waals surface area contributed by atoms with E-state index in [2.05, 4.69) is 4.90 Å². The van der Waals surface area contributed by atoms with Gasteiger partial charge in [-0.25, -0.2) is 4.99 Å². The molecule has 2 aromatic rings. The smallest absolute Gasteiger partial charge is 0.398 e. The molecule has 1 aliphatic heterocycles. The fourth-order valence-corrected chi connectivity index (χ4v) is 3.95. The summed E-state index contributed by atoms with van der Waals surface area (Å²) in [6.07, 6.45) is -4.25. The van der Waals surface area contributed by atoms with Gasteiger partial charge in [0.25, 0.3) is 0 Å². The van der Waals surface area contributed by atoms with Crippen molar-refractivity contribution in [1.29, 1.82) is 0 Å². The van der Waals surface area contributed by atoms with Crippen LogP contribution in [0.25, 0.3) is 0 Å². The van der Waals surface area contributed by atoms with Crippen molar-refractivity contribution in [3.8, 4) is 5.75 Å². The molecular formula is C21H22ClF3N2O2S. The van der Waals surface area contributed by atoms with Crippen molar-refractivity contribution < 1.29 is 22.6 Å². The zero-order chi connectivity index (χ0) is 21.7. The van der Waals surface area contributed by atoms with Gasteiger partial charge in [0.1, 0.15) is 17.3 Å². The molecule has 0 amide bonds. The lowest BCUT2D eigenvalue weighted by atomic mass is 10.1. The number of nitrogens with zero attached hydrogens (tertiary/aromatic N) is 2. The highest BCUT2D eigenvalue weighted by atomic mass is 35.5. The lowest BCUT2D eigenvalue weighted by Gasteiger charge is -2.30. The van der Waals surface area contributed by atoms with Crippen molar-refractivity contribution in [1.82, 2.24) is 4.90 Å². The zero-order valence-electron chi connectivity index (χ0n) is 16.6. The van der Waals surface area contributed by atoms with Gasteiger partial charge in [-0.3, -0.25) is 0 Å². The van der Waals surface area contributed by atoms with E-state index in [1.807, 2.05) is 12.1 Å². The first-order valence-electron chi connectivity index (χ1n) is 9.32. The molecule has 0 aliphatic carbocycles. The Morgan fingerprint density at radius 2 is 1.87 bits per heavy atom. The van der Waals surface area contributed by atoms with Crippen LogP contribution in [0.3, 0.4) is 0 Å². The summed E-state index contributed by atoms with van der Waals surface area (Å²) < 4.78 is 49.1. The van der Waals surface area contributed by atoms with Crippen LogP contribution in [0.4, 0.5) is 18.9 Å². The molecule has 0 spiro atoms. The van der Waals surface area contributed by atoms with E-state index in [1.165, 1.54) is 7.11 Å². The lowest BCUT2D eigenvalue weighted by Crippen LogP contribution is -2.41. The lowest BCUT2D eigenvalue weighted by molar-refractivity contribution is -0.105. The van der Waals surface area contributed by atoms with Gasteiger partial charge < -0.3 is 14.4 Å². The maximum absolute atomic E-state index is 12.7. The molecule has 2 aromatic carbocycles. The summed E-state index contributed by atoms with van der Waals surface area (Å²) in [4.78, 5) is 7.43. The predicted molar refractivity (Wildman–Crippen MR) is 115 cm³/mol. The molecule has 1 aliphatic rings. The highest BCUT2D eigenvalue weighted by Gasteiger charge is 2.28. The number of rotatable bonds is 5. The third-order valence-electron chi connectivity index (χ3n) is 4.51. The van der Waals surface area contributed by atoms with E-state index < -0.39 is 11.9 Å². The number of ether oxygens (including phenoxy) is 2. The average molecular weight is 459 g/mol. The Bertz CT molecular complexity index is 898. The minimum absolute atomic E-state index is 0.476. The monoisotopic (exact) mass is 458 g/mol. The van der Waals surface area contributed by atoms with E-state index in [0.29, 0.717) is 59.1 Å². The maximum Gasteiger partial charge on any atom is 0.398 e. The number of aliphatic imine (C=N–C) groups is 1. The first-order valence-corrected chi connectivity index (χ1v) is 10.7. The summed E-state index contributed by atoms with van der Waals surface area (Å²) in [7, 11) is 1.52. The predicted octanol–water partition coefficient (Wildman–Crippen LogP) is 5.72. The Labute approximate surface area is 183 Å². The van der Waals surface area contributed by atoms with Crippen LogP contribution in [0.2, 0.25) is 5.02 Å². The number of thioether (sulfide) groups is 1. The molecule has 1 heterocycles. The van der Waals surface area contributed by atoms with E-state index >= 15 is 0 Å². The van der Waals surface area contributed by atoms with Crippen LogP contribution >= 0.6 is 23.4 Å². The second kappa shape index (κ2) is 9.94. The molecule has 0 unspecified atom stereocenters. The standard InChI is InChI=1S/C21H22ClF3N2O2S/c1-14-11-18(28-2)17(12-19(14)30-13-21(23,24)25)26-20(27-7-9-29-10-8-27)15-3-5-16(22)6-4-15/h3-6,11-12H,7-10,13H2,1-2H3/b26-20-. The van der Waals surface area contributed by atoms with Gasteiger partial charge in [0.2, 0.25) is 0 Å². The summed E-state index contributed by atoms with van der Waals surface area (Å²) in [5.74, 6) is 0.240. The van der Waals surface area contributed by atoms with Crippen LogP contribution in [-0.2, 0) is 4.74 Å². The molecule has 30 heavy (non-hydrogen) atoms. The number of hydrogen-bond donors (Lipinski definition) is 0. The van der Waals surface area contributed by atoms with E-state index in [-0.39, 0.29) is 0 Å². The van der Waals surface area contributed by atoms with E-state index in [9.17, 15) is 13.2 Å². The molecule has 3 rings (SSSR count).